The Kier molecular flexibility index (Phi) is 6.78. The molecule has 2 aromatic carbocycles. The number of ether oxygens (including phenoxy) is 1. The Balaban J connectivity index is 1.34. The zero-order valence-electron chi connectivity index (χ0n) is 17.8. The minimum Gasteiger partial charge on any atom is -0.486 e. The van der Waals surface area contributed by atoms with Gasteiger partial charge in [-0.2, -0.15) is 4.31 Å². The fourth-order valence-corrected chi connectivity index (χ4v) is 5.75. The van der Waals surface area contributed by atoms with Crippen LogP contribution in [0.25, 0.3) is 0 Å². The molecule has 0 aliphatic carbocycles. The van der Waals surface area contributed by atoms with Gasteiger partial charge < -0.3 is 9.64 Å². The molecule has 33 heavy (non-hydrogen) atoms. The van der Waals surface area contributed by atoms with Gasteiger partial charge in [0.25, 0.3) is 5.91 Å². The van der Waals surface area contributed by atoms with E-state index in [0.717, 1.165) is 17.7 Å². The molecule has 3 aromatic rings. The SMILES string of the molecule is Cc1ccc(S(=O)(=O)N2CCN(C(=O)c3cc(COc4ccc(F)cc4F)cs3)CC2)cc1. The van der Waals surface area contributed by atoms with Gasteiger partial charge in [-0.1, -0.05) is 17.7 Å². The van der Waals surface area contributed by atoms with Gasteiger partial charge >= 0.3 is 0 Å². The number of hydrogen-bond acceptors (Lipinski definition) is 5. The van der Waals surface area contributed by atoms with Crippen molar-refractivity contribution in [2.75, 3.05) is 26.2 Å². The monoisotopic (exact) mass is 492 g/mol. The maximum absolute atomic E-state index is 13.7. The van der Waals surface area contributed by atoms with E-state index in [1.54, 1.807) is 40.6 Å². The summed E-state index contributed by atoms with van der Waals surface area (Å²) in [6.07, 6.45) is 0. The largest absolute Gasteiger partial charge is 0.486 e. The normalized spacial score (nSPS) is 14.9. The highest BCUT2D eigenvalue weighted by molar-refractivity contribution is 7.89. The Morgan fingerprint density at radius 3 is 2.39 bits per heavy atom. The number of sulfonamides is 1. The van der Waals surface area contributed by atoms with Crippen molar-refractivity contribution in [2.24, 2.45) is 0 Å². The molecule has 0 atom stereocenters. The quantitative estimate of drug-likeness (QED) is 0.521. The molecule has 1 fully saturated rings. The third kappa shape index (κ3) is 5.23. The first-order valence-corrected chi connectivity index (χ1v) is 12.6. The van der Waals surface area contributed by atoms with Crippen LogP contribution in [0.4, 0.5) is 8.78 Å². The van der Waals surface area contributed by atoms with Crippen LogP contribution in [0.3, 0.4) is 0 Å². The summed E-state index contributed by atoms with van der Waals surface area (Å²) in [5, 5.41) is 1.74. The molecule has 0 unspecified atom stereocenters. The molecule has 10 heteroatoms. The third-order valence-electron chi connectivity index (χ3n) is 5.34. The Labute approximate surface area is 195 Å². The van der Waals surface area contributed by atoms with Crippen molar-refractivity contribution in [3.05, 3.63) is 81.5 Å². The van der Waals surface area contributed by atoms with E-state index in [9.17, 15) is 22.0 Å². The van der Waals surface area contributed by atoms with Gasteiger partial charge in [-0.15, -0.1) is 11.3 Å². The van der Waals surface area contributed by atoms with Crippen molar-refractivity contribution in [3.63, 3.8) is 0 Å². The molecule has 0 saturated carbocycles. The van der Waals surface area contributed by atoms with E-state index >= 15 is 0 Å². The Morgan fingerprint density at radius 1 is 1.03 bits per heavy atom. The summed E-state index contributed by atoms with van der Waals surface area (Å²) in [5.41, 5.74) is 1.67. The fraction of sp³-hybridized carbons (Fsp3) is 0.261. The van der Waals surface area contributed by atoms with Crippen molar-refractivity contribution in [2.45, 2.75) is 18.4 Å². The zero-order chi connectivity index (χ0) is 23.6. The summed E-state index contributed by atoms with van der Waals surface area (Å²) in [6.45, 7) is 2.93. The number of halogens is 2. The van der Waals surface area contributed by atoms with Crippen LogP contribution >= 0.6 is 11.3 Å². The molecule has 1 amide bonds. The Morgan fingerprint density at radius 2 is 1.73 bits per heavy atom. The molecule has 174 valence electrons. The van der Waals surface area contributed by atoms with E-state index in [-0.39, 0.29) is 49.3 Å². The lowest BCUT2D eigenvalue weighted by molar-refractivity contribution is 0.0702. The van der Waals surface area contributed by atoms with Gasteiger partial charge in [0, 0.05) is 37.8 Å². The minimum absolute atomic E-state index is 0.0366. The van der Waals surface area contributed by atoms with Crippen molar-refractivity contribution in [3.8, 4) is 5.75 Å². The van der Waals surface area contributed by atoms with Gasteiger partial charge in [-0.05, 0) is 42.6 Å². The molecular weight excluding hydrogens is 470 g/mol. The molecule has 0 spiro atoms. The second-order valence-corrected chi connectivity index (χ2v) is 10.5. The number of benzene rings is 2. The predicted molar refractivity (Wildman–Crippen MR) is 121 cm³/mol. The summed E-state index contributed by atoms with van der Waals surface area (Å²) in [4.78, 5) is 15.2. The van der Waals surface area contributed by atoms with E-state index in [1.807, 2.05) is 6.92 Å². The fourth-order valence-electron chi connectivity index (χ4n) is 3.46. The smallest absolute Gasteiger partial charge is 0.264 e. The summed E-state index contributed by atoms with van der Waals surface area (Å²) in [5.74, 6) is -1.73. The van der Waals surface area contributed by atoms with Crippen molar-refractivity contribution in [1.82, 2.24) is 9.21 Å². The topological polar surface area (TPSA) is 66.9 Å². The second kappa shape index (κ2) is 9.58. The molecular formula is C23H22F2N2O4S2. The standard InChI is InChI=1S/C23H22F2N2O4S2/c1-16-2-5-19(6-3-16)33(29,30)27-10-8-26(9-11-27)23(28)22-12-17(15-32-22)14-31-21-7-4-18(24)13-20(21)25/h2-7,12-13,15H,8-11,14H2,1H3. The molecule has 1 aliphatic heterocycles. The van der Waals surface area contributed by atoms with Crippen LogP contribution in [0, 0.1) is 18.6 Å². The maximum Gasteiger partial charge on any atom is 0.264 e. The summed E-state index contributed by atoms with van der Waals surface area (Å²) in [6, 6.07) is 11.4. The van der Waals surface area contributed by atoms with Crippen molar-refractivity contribution >= 4 is 27.3 Å². The highest BCUT2D eigenvalue weighted by Gasteiger charge is 2.30. The second-order valence-electron chi connectivity index (χ2n) is 7.69. The number of rotatable bonds is 6. The number of nitrogens with zero attached hydrogens (tertiary/aromatic N) is 2. The van der Waals surface area contributed by atoms with Gasteiger partial charge in [-0.3, -0.25) is 4.79 Å². The first-order valence-electron chi connectivity index (χ1n) is 10.3. The van der Waals surface area contributed by atoms with Gasteiger partial charge in [-0.25, -0.2) is 17.2 Å². The molecule has 1 aliphatic rings. The molecule has 1 aromatic heterocycles. The van der Waals surface area contributed by atoms with Crippen molar-refractivity contribution < 1.29 is 26.7 Å². The molecule has 4 rings (SSSR count). The van der Waals surface area contributed by atoms with Crippen molar-refractivity contribution in [1.29, 1.82) is 0 Å². The lowest BCUT2D eigenvalue weighted by atomic mass is 10.2. The molecule has 0 bridgehead atoms. The first-order chi connectivity index (χ1) is 15.7. The van der Waals surface area contributed by atoms with Gasteiger partial charge in [0.2, 0.25) is 10.0 Å². The lowest BCUT2D eigenvalue weighted by Gasteiger charge is -2.33. The van der Waals surface area contributed by atoms with E-state index in [4.69, 9.17) is 4.74 Å². The van der Waals surface area contributed by atoms with Gasteiger partial charge in [0.05, 0.1) is 9.77 Å². The summed E-state index contributed by atoms with van der Waals surface area (Å²) >= 11 is 1.24. The number of amides is 1. The highest BCUT2D eigenvalue weighted by atomic mass is 32.2. The zero-order valence-corrected chi connectivity index (χ0v) is 19.5. The molecule has 1 saturated heterocycles. The molecule has 0 radical (unpaired) electrons. The van der Waals surface area contributed by atoms with E-state index in [1.165, 1.54) is 21.7 Å². The molecule has 2 heterocycles. The minimum atomic E-state index is -3.60. The Bertz CT molecular complexity index is 1250. The average Bonchev–Trinajstić information content (AvgIpc) is 3.27. The first kappa shape index (κ1) is 23.3. The Hall–Kier alpha value is -2.82. The number of carbonyl (C=O) groups excluding carboxylic acids is 1. The van der Waals surface area contributed by atoms with Crippen LogP contribution in [0.2, 0.25) is 0 Å². The number of thiophene rings is 1. The van der Waals surface area contributed by atoms with E-state index in [0.29, 0.717) is 10.4 Å². The van der Waals surface area contributed by atoms with Crippen LogP contribution in [-0.4, -0.2) is 49.7 Å². The summed E-state index contributed by atoms with van der Waals surface area (Å²) in [7, 11) is -3.60. The van der Waals surface area contributed by atoms with Gasteiger partial charge in [0.15, 0.2) is 11.6 Å². The summed E-state index contributed by atoms with van der Waals surface area (Å²) < 4.78 is 59.2. The predicted octanol–water partition coefficient (Wildman–Crippen LogP) is 4.06. The lowest BCUT2D eigenvalue weighted by Crippen LogP contribution is -2.50. The van der Waals surface area contributed by atoms with Crippen LogP contribution in [-0.2, 0) is 16.6 Å². The van der Waals surface area contributed by atoms with Crippen LogP contribution in [0.15, 0.2) is 58.8 Å². The number of hydrogen-bond donors (Lipinski definition) is 0. The van der Waals surface area contributed by atoms with Gasteiger partial charge in [0.1, 0.15) is 12.4 Å². The third-order valence-corrected chi connectivity index (χ3v) is 8.22. The average molecular weight is 493 g/mol. The van der Waals surface area contributed by atoms with Crippen LogP contribution in [0.1, 0.15) is 20.8 Å². The molecule has 0 N–H and O–H groups in total. The number of aryl methyl sites for hydroxylation is 1. The molecule has 6 nitrogen and oxygen atoms in total. The van der Waals surface area contributed by atoms with E-state index < -0.39 is 21.7 Å². The maximum atomic E-state index is 13.7. The van der Waals surface area contributed by atoms with Crippen LogP contribution < -0.4 is 4.74 Å². The number of piperazine rings is 1. The number of carbonyl (C=O) groups is 1. The van der Waals surface area contributed by atoms with E-state index in [2.05, 4.69) is 0 Å². The van der Waals surface area contributed by atoms with Crippen LogP contribution in [0.5, 0.6) is 5.75 Å². The highest BCUT2D eigenvalue weighted by Crippen LogP contribution is 2.23.